The number of pyridine rings is 1. The SMILES string of the molecule is CC(C)OC(=O)N1CCC(N2CCCOc3c(Nc4ccc[nH]c4=O)ncnc32)CC1. The number of carbonyl (C=O) groups is 1. The van der Waals surface area contributed by atoms with E-state index in [1.165, 1.54) is 6.33 Å². The number of amides is 1. The number of nitrogens with one attached hydrogen (secondary N) is 2. The van der Waals surface area contributed by atoms with Crippen LogP contribution in [-0.2, 0) is 4.74 Å². The molecule has 0 bridgehead atoms. The molecule has 1 amide bonds. The van der Waals surface area contributed by atoms with Crippen LogP contribution in [0.5, 0.6) is 5.75 Å². The van der Waals surface area contributed by atoms with Crippen LogP contribution in [0.2, 0.25) is 0 Å². The van der Waals surface area contributed by atoms with Gasteiger partial charge in [-0.15, -0.1) is 0 Å². The Morgan fingerprint density at radius 1 is 1.29 bits per heavy atom. The van der Waals surface area contributed by atoms with Crippen molar-refractivity contribution in [2.75, 3.05) is 36.5 Å². The number of piperidine rings is 1. The maximum absolute atomic E-state index is 12.2. The molecule has 4 rings (SSSR count). The van der Waals surface area contributed by atoms with E-state index in [0.29, 0.717) is 42.8 Å². The van der Waals surface area contributed by atoms with Gasteiger partial charge in [0.15, 0.2) is 11.6 Å². The van der Waals surface area contributed by atoms with E-state index in [9.17, 15) is 9.59 Å². The molecule has 0 aliphatic carbocycles. The van der Waals surface area contributed by atoms with Crippen LogP contribution in [0.1, 0.15) is 33.1 Å². The van der Waals surface area contributed by atoms with Crippen molar-refractivity contribution in [1.29, 1.82) is 0 Å². The summed E-state index contributed by atoms with van der Waals surface area (Å²) in [6.07, 6.45) is 5.16. The summed E-state index contributed by atoms with van der Waals surface area (Å²) in [5.41, 5.74) is 0.153. The molecule has 31 heavy (non-hydrogen) atoms. The first kappa shape index (κ1) is 21.0. The lowest BCUT2D eigenvalue weighted by Gasteiger charge is -2.38. The van der Waals surface area contributed by atoms with Gasteiger partial charge in [-0.3, -0.25) is 4.79 Å². The number of aromatic amines is 1. The predicted octanol–water partition coefficient (Wildman–Crippen LogP) is 2.51. The Kier molecular flexibility index (Phi) is 6.24. The molecule has 1 fully saturated rings. The van der Waals surface area contributed by atoms with Crippen molar-refractivity contribution in [3.8, 4) is 5.75 Å². The Labute approximate surface area is 180 Å². The number of hydrogen-bond acceptors (Lipinski definition) is 8. The van der Waals surface area contributed by atoms with Gasteiger partial charge in [-0.2, -0.15) is 0 Å². The third-order valence-electron chi connectivity index (χ3n) is 5.42. The highest BCUT2D eigenvalue weighted by molar-refractivity contribution is 5.70. The Balaban J connectivity index is 1.52. The summed E-state index contributed by atoms with van der Waals surface area (Å²) in [6.45, 7) is 6.32. The number of aromatic nitrogens is 3. The van der Waals surface area contributed by atoms with E-state index in [4.69, 9.17) is 9.47 Å². The van der Waals surface area contributed by atoms with Crippen molar-refractivity contribution in [3.05, 3.63) is 35.0 Å². The first-order chi connectivity index (χ1) is 15.0. The van der Waals surface area contributed by atoms with Gasteiger partial charge in [0.1, 0.15) is 12.0 Å². The fraction of sp³-hybridized carbons (Fsp3) is 0.524. The Hall–Kier alpha value is -3.30. The van der Waals surface area contributed by atoms with Crippen LogP contribution >= 0.6 is 0 Å². The largest absolute Gasteiger partial charge is 0.486 e. The molecule has 4 heterocycles. The summed E-state index contributed by atoms with van der Waals surface area (Å²) < 4.78 is 11.3. The Morgan fingerprint density at radius 3 is 2.84 bits per heavy atom. The summed E-state index contributed by atoms with van der Waals surface area (Å²) in [6, 6.07) is 3.66. The van der Waals surface area contributed by atoms with E-state index in [-0.39, 0.29) is 23.8 Å². The van der Waals surface area contributed by atoms with E-state index in [1.54, 1.807) is 23.2 Å². The standard InChI is InChI=1S/C21H28N6O4/c1-14(2)31-21(29)26-10-6-15(7-11-26)27-9-4-12-30-17-18(23-13-24-19(17)27)25-16-5-3-8-22-20(16)28/h3,5,8,13-15H,4,6-7,9-12H2,1-2H3,(H,22,28)(H,23,24,25). The molecule has 0 saturated carbocycles. The van der Waals surface area contributed by atoms with Crippen LogP contribution < -0.4 is 20.5 Å². The summed E-state index contributed by atoms with van der Waals surface area (Å²) in [5, 5.41) is 3.08. The second kappa shape index (κ2) is 9.23. The molecular formula is C21H28N6O4. The lowest BCUT2D eigenvalue weighted by Crippen LogP contribution is -2.47. The minimum Gasteiger partial charge on any atom is -0.486 e. The minimum atomic E-state index is -0.255. The number of rotatable bonds is 4. The van der Waals surface area contributed by atoms with Crippen molar-refractivity contribution in [2.24, 2.45) is 0 Å². The quantitative estimate of drug-likeness (QED) is 0.764. The average molecular weight is 428 g/mol. The number of fused-ring (bicyclic) bond motifs is 1. The number of likely N-dealkylation sites (tertiary alicyclic amines) is 1. The minimum absolute atomic E-state index is 0.126. The molecule has 10 heteroatoms. The molecule has 2 aliphatic rings. The van der Waals surface area contributed by atoms with Crippen molar-refractivity contribution in [2.45, 2.75) is 45.3 Å². The number of carbonyl (C=O) groups excluding carboxylic acids is 1. The molecule has 0 atom stereocenters. The molecular weight excluding hydrogens is 400 g/mol. The summed E-state index contributed by atoms with van der Waals surface area (Å²) >= 11 is 0. The van der Waals surface area contributed by atoms with E-state index >= 15 is 0 Å². The van der Waals surface area contributed by atoms with Gasteiger partial charge in [0.2, 0.25) is 5.75 Å². The van der Waals surface area contributed by atoms with Gasteiger partial charge in [0.25, 0.3) is 5.56 Å². The third-order valence-corrected chi connectivity index (χ3v) is 5.42. The lowest BCUT2D eigenvalue weighted by atomic mass is 10.0. The van der Waals surface area contributed by atoms with Gasteiger partial charge in [0, 0.05) is 31.9 Å². The number of anilines is 3. The molecule has 2 aromatic heterocycles. The zero-order chi connectivity index (χ0) is 21.8. The summed E-state index contributed by atoms with van der Waals surface area (Å²) in [5.74, 6) is 1.72. The predicted molar refractivity (Wildman–Crippen MR) is 116 cm³/mol. The number of hydrogen-bond donors (Lipinski definition) is 2. The normalized spacial score (nSPS) is 17.0. The summed E-state index contributed by atoms with van der Waals surface area (Å²) in [7, 11) is 0. The van der Waals surface area contributed by atoms with Crippen LogP contribution in [0.15, 0.2) is 29.5 Å². The molecule has 2 aromatic rings. The molecule has 0 spiro atoms. The van der Waals surface area contributed by atoms with Crippen LogP contribution in [0.3, 0.4) is 0 Å². The molecule has 166 valence electrons. The fourth-order valence-corrected chi connectivity index (χ4v) is 3.95. The van der Waals surface area contributed by atoms with E-state index in [2.05, 4.69) is 25.2 Å². The molecule has 2 aliphatic heterocycles. The van der Waals surface area contributed by atoms with Crippen molar-refractivity contribution < 1.29 is 14.3 Å². The molecule has 0 unspecified atom stereocenters. The fourth-order valence-electron chi connectivity index (χ4n) is 3.95. The zero-order valence-electron chi connectivity index (χ0n) is 17.8. The van der Waals surface area contributed by atoms with Gasteiger partial charge in [-0.1, -0.05) is 0 Å². The van der Waals surface area contributed by atoms with Gasteiger partial charge < -0.3 is 29.6 Å². The topological polar surface area (TPSA) is 113 Å². The van der Waals surface area contributed by atoms with E-state index < -0.39 is 0 Å². The van der Waals surface area contributed by atoms with E-state index in [1.807, 2.05) is 13.8 Å². The highest BCUT2D eigenvalue weighted by Crippen LogP contribution is 2.37. The number of ether oxygens (including phenoxy) is 2. The van der Waals surface area contributed by atoms with Crippen molar-refractivity contribution in [1.82, 2.24) is 19.9 Å². The zero-order valence-corrected chi connectivity index (χ0v) is 17.8. The van der Waals surface area contributed by atoms with Gasteiger partial charge in [0.05, 0.1) is 12.7 Å². The lowest BCUT2D eigenvalue weighted by molar-refractivity contribution is 0.0690. The number of H-pyrrole nitrogens is 1. The second-order valence-corrected chi connectivity index (χ2v) is 7.96. The van der Waals surface area contributed by atoms with Crippen molar-refractivity contribution in [3.63, 3.8) is 0 Å². The maximum atomic E-state index is 12.2. The van der Waals surface area contributed by atoms with Crippen molar-refractivity contribution >= 4 is 23.4 Å². The molecule has 0 radical (unpaired) electrons. The Morgan fingerprint density at radius 2 is 2.10 bits per heavy atom. The highest BCUT2D eigenvalue weighted by Gasteiger charge is 2.32. The molecule has 2 N–H and O–H groups in total. The van der Waals surface area contributed by atoms with Gasteiger partial charge in [-0.05, 0) is 45.2 Å². The third kappa shape index (κ3) is 4.73. The second-order valence-electron chi connectivity index (χ2n) is 7.96. The van der Waals surface area contributed by atoms with Crippen LogP contribution in [0, 0.1) is 0 Å². The van der Waals surface area contributed by atoms with Crippen LogP contribution in [-0.4, -0.2) is 64.3 Å². The number of nitrogens with zero attached hydrogens (tertiary/aromatic N) is 4. The van der Waals surface area contributed by atoms with E-state index in [0.717, 1.165) is 25.8 Å². The Bertz CT molecular complexity index is 970. The maximum Gasteiger partial charge on any atom is 0.410 e. The summed E-state index contributed by atoms with van der Waals surface area (Å²) in [4.78, 5) is 39.8. The molecule has 10 nitrogen and oxygen atoms in total. The first-order valence-corrected chi connectivity index (χ1v) is 10.7. The monoisotopic (exact) mass is 428 g/mol. The van der Waals surface area contributed by atoms with Crippen LogP contribution in [0.4, 0.5) is 22.1 Å². The average Bonchev–Trinajstić information content (AvgIpc) is 2.98. The first-order valence-electron chi connectivity index (χ1n) is 10.7. The molecule has 0 aromatic carbocycles. The highest BCUT2D eigenvalue weighted by atomic mass is 16.6. The molecule has 1 saturated heterocycles. The van der Waals surface area contributed by atoms with Crippen LogP contribution in [0.25, 0.3) is 0 Å². The smallest absolute Gasteiger partial charge is 0.410 e. The van der Waals surface area contributed by atoms with Gasteiger partial charge >= 0.3 is 6.09 Å². The van der Waals surface area contributed by atoms with Gasteiger partial charge in [-0.25, -0.2) is 14.8 Å².